The van der Waals surface area contributed by atoms with Gasteiger partial charge in [-0.2, -0.15) is 0 Å². The van der Waals surface area contributed by atoms with Gasteiger partial charge in [0.1, 0.15) is 0 Å². The van der Waals surface area contributed by atoms with Crippen LogP contribution in [0.5, 0.6) is 0 Å². The zero-order valence-corrected chi connectivity index (χ0v) is 12.5. The number of hydrogen-bond acceptors (Lipinski definition) is 3. The van der Waals surface area contributed by atoms with Gasteiger partial charge in [-0.1, -0.05) is 60.7 Å². The molecule has 0 saturated carbocycles. The minimum Gasteiger partial charge on any atom is -0.348 e. The van der Waals surface area contributed by atoms with Crippen molar-refractivity contribution in [3.05, 3.63) is 71.8 Å². The Morgan fingerprint density at radius 2 is 1.68 bits per heavy atom. The summed E-state index contributed by atoms with van der Waals surface area (Å²) in [6, 6.07) is 19.4. The lowest BCUT2D eigenvalue weighted by Crippen LogP contribution is -2.27. The molecule has 0 radical (unpaired) electrons. The lowest BCUT2D eigenvalue weighted by atomic mass is 10.0. The number of rotatable bonds is 5. The molecule has 0 spiro atoms. The summed E-state index contributed by atoms with van der Waals surface area (Å²) in [6.45, 7) is 0.670. The highest BCUT2D eigenvalue weighted by Gasteiger charge is 2.24. The summed E-state index contributed by atoms with van der Waals surface area (Å²) in [4.78, 5) is 12.2. The summed E-state index contributed by atoms with van der Waals surface area (Å²) in [6.07, 6.45) is 1.85. The van der Waals surface area contributed by atoms with E-state index < -0.39 is 0 Å². The van der Waals surface area contributed by atoms with E-state index in [1.54, 1.807) is 0 Å². The topological polar surface area (TPSA) is 35.5 Å². The lowest BCUT2D eigenvalue weighted by Gasteiger charge is -2.30. The van der Waals surface area contributed by atoms with Crippen LogP contribution < -0.4 is 0 Å². The van der Waals surface area contributed by atoms with Gasteiger partial charge in [-0.05, 0) is 12.8 Å². The van der Waals surface area contributed by atoms with Gasteiger partial charge in [0.15, 0.2) is 12.1 Å². The molecule has 22 heavy (non-hydrogen) atoms. The fraction of sp³-hybridized carbons (Fsp3) is 0.316. The summed E-state index contributed by atoms with van der Waals surface area (Å²) in [5.41, 5.74) is 1.80. The third kappa shape index (κ3) is 3.81. The van der Waals surface area contributed by atoms with Crippen LogP contribution in [0.1, 0.15) is 41.5 Å². The molecule has 1 aliphatic rings. The van der Waals surface area contributed by atoms with Gasteiger partial charge < -0.3 is 9.47 Å². The molecule has 0 unspecified atom stereocenters. The van der Waals surface area contributed by atoms with E-state index in [9.17, 15) is 4.79 Å². The van der Waals surface area contributed by atoms with Gasteiger partial charge in [0, 0.05) is 17.5 Å². The molecule has 1 heterocycles. The van der Waals surface area contributed by atoms with Gasteiger partial charge >= 0.3 is 0 Å². The molecule has 1 saturated heterocycles. The van der Waals surface area contributed by atoms with Gasteiger partial charge in [0.05, 0.1) is 12.7 Å². The average molecular weight is 296 g/mol. The molecule has 0 N–H and O–H groups in total. The first-order chi connectivity index (χ1) is 10.8. The molecule has 0 amide bonds. The molecule has 0 aliphatic carbocycles. The van der Waals surface area contributed by atoms with Gasteiger partial charge in [0.2, 0.25) is 0 Å². The van der Waals surface area contributed by atoms with E-state index in [1.807, 2.05) is 60.7 Å². The fourth-order valence-electron chi connectivity index (χ4n) is 2.65. The van der Waals surface area contributed by atoms with Crippen molar-refractivity contribution in [2.75, 3.05) is 6.61 Å². The highest BCUT2D eigenvalue weighted by molar-refractivity contribution is 5.95. The summed E-state index contributed by atoms with van der Waals surface area (Å²) < 4.78 is 11.7. The predicted molar refractivity (Wildman–Crippen MR) is 84.6 cm³/mol. The fourth-order valence-corrected chi connectivity index (χ4v) is 2.65. The van der Waals surface area contributed by atoms with Crippen LogP contribution in [0.15, 0.2) is 60.7 Å². The van der Waals surface area contributed by atoms with Crippen molar-refractivity contribution in [3.8, 4) is 0 Å². The number of ketones is 1. The number of Topliss-reactive ketones (excluding diaryl/α,β-unsaturated/α-hetero) is 1. The van der Waals surface area contributed by atoms with E-state index in [0.717, 1.165) is 24.0 Å². The lowest BCUT2D eigenvalue weighted by molar-refractivity contribution is -0.218. The monoisotopic (exact) mass is 296 g/mol. The Morgan fingerprint density at radius 1 is 1.00 bits per heavy atom. The van der Waals surface area contributed by atoms with Crippen LogP contribution in [0.3, 0.4) is 0 Å². The molecule has 2 aromatic carbocycles. The quantitative estimate of drug-likeness (QED) is 0.777. The third-order valence-corrected chi connectivity index (χ3v) is 3.89. The molecular formula is C19H20O3. The van der Waals surface area contributed by atoms with Crippen LogP contribution in [-0.2, 0) is 9.47 Å². The molecule has 1 aliphatic heterocycles. The van der Waals surface area contributed by atoms with Crippen molar-refractivity contribution in [2.24, 2.45) is 0 Å². The van der Waals surface area contributed by atoms with E-state index in [4.69, 9.17) is 9.47 Å². The van der Waals surface area contributed by atoms with E-state index in [2.05, 4.69) is 0 Å². The molecule has 1 fully saturated rings. The molecule has 3 nitrogen and oxygen atoms in total. The van der Waals surface area contributed by atoms with E-state index >= 15 is 0 Å². The van der Waals surface area contributed by atoms with E-state index in [-0.39, 0.29) is 18.2 Å². The maximum absolute atomic E-state index is 12.2. The first-order valence-corrected chi connectivity index (χ1v) is 7.73. The van der Waals surface area contributed by atoms with Crippen LogP contribution in [0, 0.1) is 0 Å². The number of hydrogen-bond donors (Lipinski definition) is 0. The average Bonchev–Trinajstić information content (AvgIpc) is 2.61. The molecular weight excluding hydrogens is 276 g/mol. The smallest absolute Gasteiger partial charge is 0.184 e. The summed E-state index contributed by atoms with van der Waals surface area (Å²) >= 11 is 0. The highest BCUT2D eigenvalue weighted by Crippen LogP contribution is 2.28. The van der Waals surface area contributed by atoms with Crippen LogP contribution >= 0.6 is 0 Å². The van der Waals surface area contributed by atoms with Crippen molar-refractivity contribution < 1.29 is 14.3 Å². The van der Waals surface area contributed by atoms with Crippen LogP contribution in [0.25, 0.3) is 0 Å². The maximum atomic E-state index is 12.2. The molecule has 0 aromatic heterocycles. The van der Waals surface area contributed by atoms with Crippen LogP contribution in [-0.4, -0.2) is 18.5 Å². The largest absolute Gasteiger partial charge is 0.348 e. The predicted octanol–water partition coefficient (Wildman–Crippen LogP) is 4.15. The Morgan fingerprint density at radius 3 is 2.41 bits per heavy atom. The maximum Gasteiger partial charge on any atom is 0.184 e. The Kier molecular flexibility index (Phi) is 4.99. The number of ether oxygens (including phenoxy) is 2. The van der Waals surface area contributed by atoms with Crippen molar-refractivity contribution >= 4 is 5.78 Å². The Bertz CT molecular complexity index is 595. The normalized spacial score (nSPS) is 21.5. The van der Waals surface area contributed by atoms with Crippen molar-refractivity contribution in [1.82, 2.24) is 0 Å². The molecule has 3 rings (SSSR count). The van der Waals surface area contributed by atoms with Crippen LogP contribution in [0.4, 0.5) is 0 Å². The van der Waals surface area contributed by atoms with Crippen molar-refractivity contribution in [3.63, 3.8) is 0 Å². The van der Waals surface area contributed by atoms with Crippen molar-refractivity contribution in [2.45, 2.75) is 31.7 Å². The first kappa shape index (κ1) is 14.9. The second-order valence-electron chi connectivity index (χ2n) is 5.49. The zero-order chi connectivity index (χ0) is 15.2. The minimum atomic E-state index is -0.313. The van der Waals surface area contributed by atoms with Gasteiger partial charge in [-0.25, -0.2) is 0 Å². The Labute approximate surface area is 130 Å². The summed E-state index contributed by atoms with van der Waals surface area (Å²) in [5, 5.41) is 0. The van der Waals surface area contributed by atoms with Crippen LogP contribution in [0.2, 0.25) is 0 Å². The SMILES string of the molecule is O=C(CC[C@H]1CCO[C@@H](c2ccccc2)O1)c1ccccc1. The first-order valence-electron chi connectivity index (χ1n) is 7.73. The number of benzene rings is 2. The molecule has 2 aromatic rings. The van der Waals surface area contributed by atoms with Crippen molar-refractivity contribution in [1.29, 1.82) is 0 Å². The molecule has 0 bridgehead atoms. The van der Waals surface area contributed by atoms with E-state index in [1.165, 1.54) is 0 Å². The second-order valence-corrected chi connectivity index (χ2v) is 5.49. The summed E-state index contributed by atoms with van der Waals surface area (Å²) in [5.74, 6) is 0.173. The highest BCUT2D eigenvalue weighted by atomic mass is 16.7. The summed E-state index contributed by atoms with van der Waals surface area (Å²) in [7, 11) is 0. The minimum absolute atomic E-state index is 0.0756. The Balaban J connectivity index is 1.54. The van der Waals surface area contributed by atoms with E-state index in [0.29, 0.717) is 13.0 Å². The van der Waals surface area contributed by atoms with Gasteiger partial charge in [0.25, 0.3) is 0 Å². The Hall–Kier alpha value is -1.97. The third-order valence-electron chi connectivity index (χ3n) is 3.89. The number of carbonyl (C=O) groups excluding carboxylic acids is 1. The number of carbonyl (C=O) groups is 1. The molecule has 2 atom stereocenters. The zero-order valence-electron chi connectivity index (χ0n) is 12.5. The molecule has 3 heteroatoms. The van der Waals surface area contributed by atoms with Gasteiger partial charge in [-0.15, -0.1) is 0 Å². The standard InChI is InChI=1S/C19H20O3/c20-18(15-7-3-1-4-8-15)12-11-17-13-14-21-19(22-17)16-9-5-2-6-10-16/h1-10,17,19H,11-14H2/t17-,19+/m0/s1. The van der Waals surface area contributed by atoms with Gasteiger partial charge in [-0.3, -0.25) is 4.79 Å². The second kappa shape index (κ2) is 7.34. The molecule has 114 valence electrons.